The number of furan rings is 2. The molecule has 0 atom stereocenters. The number of benzene rings is 8. The Morgan fingerprint density at radius 2 is 0.923 bits per heavy atom. The topological polar surface area (TPSA) is 65.0 Å². The monoisotopic (exact) mass is 665 g/mol. The van der Waals surface area contributed by atoms with Crippen LogP contribution in [0.25, 0.3) is 111 Å². The second-order valence-electron chi connectivity index (χ2n) is 13.1. The van der Waals surface area contributed by atoms with Crippen LogP contribution in [0.3, 0.4) is 0 Å². The van der Waals surface area contributed by atoms with Crippen LogP contribution >= 0.6 is 0 Å². The first-order valence-electron chi connectivity index (χ1n) is 17.4. The van der Waals surface area contributed by atoms with E-state index in [0.29, 0.717) is 17.5 Å². The molecule has 52 heavy (non-hydrogen) atoms. The largest absolute Gasteiger partial charge is 0.456 e. The summed E-state index contributed by atoms with van der Waals surface area (Å²) in [6, 6.07) is 56.2. The van der Waals surface area contributed by atoms with Gasteiger partial charge in [-0.05, 0) is 69.6 Å². The lowest BCUT2D eigenvalue weighted by Crippen LogP contribution is -2.01. The third-order valence-corrected chi connectivity index (χ3v) is 10.1. The van der Waals surface area contributed by atoms with Crippen LogP contribution in [0.1, 0.15) is 0 Å². The van der Waals surface area contributed by atoms with E-state index >= 15 is 0 Å². The summed E-state index contributed by atoms with van der Waals surface area (Å²) in [5.41, 5.74) is 8.10. The first-order valence-corrected chi connectivity index (χ1v) is 17.4. The molecule has 0 aliphatic heterocycles. The van der Waals surface area contributed by atoms with Crippen LogP contribution < -0.4 is 0 Å². The van der Waals surface area contributed by atoms with Crippen molar-refractivity contribution in [3.8, 4) is 45.3 Å². The van der Waals surface area contributed by atoms with Gasteiger partial charge in [-0.15, -0.1) is 0 Å². The van der Waals surface area contributed by atoms with E-state index < -0.39 is 0 Å². The van der Waals surface area contributed by atoms with Crippen molar-refractivity contribution in [3.63, 3.8) is 0 Å². The minimum atomic E-state index is 0.584. The standard InChI is InChI=1S/C47H27N3O2/c1-2-12-28(13-3-1)45-48-46(50-47(49-45)39-27-29-14-4-5-15-31(29)33-16-6-7-17-34(33)39)37-24-23-32(44-43(37)36-19-9-11-21-41(36)52-44)30-22-25-42-38(26-30)35-18-8-10-20-40(35)51-42/h1-27H. The number of hydrogen-bond donors (Lipinski definition) is 0. The first kappa shape index (κ1) is 28.7. The van der Waals surface area contributed by atoms with Crippen molar-refractivity contribution in [2.45, 2.75) is 0 Å². The number of fused-ring (bicyclic) bond motifs is 9. The maximum atomic E-state index is 6.72. The summed E-state index contributed by atoms with van der Waals surface area (Å²) in [7, 11) is 0. The van der Waals surface area contributed by atoms with Gasteiger partial charge in [-0.2, -0.15) is 0 Å². The van der Waals surface area contributed by atoms with Crippen LogP contribution in [0, 0.1) is 0 Å². The highest BCUT2D eigenvalue weighted by Gasteiger charge is 2.22. The van der Waals surface area contributed by atoms with E-state index in [4.69, 9.17) is 23.8 Å². The van der Waals surface area contributed by atoms with Gasteiger partial charge >= 0.3 is 0 Å². The Kier molecular flexibility index (Phi) is 6.18. The summed E-state index contributed by atoms with van der Waals surface area (Å²) in [6.45, 7) is 0. The average Bonchev–Trinajstić information content (AvgIpc) is 3.79. The lowest BCUT2D eigenvalue weighted by atomic mass is 9.96. The van der Waals surface area contributed by atoms with E-state index in [0.717, 1.165) is 87.9 Å². The third-order valence-electron chi connectivity index (χ3n) is 10.1. The average molecular weight is 666 g/mol. The van der Waals surface area contributed by atoms with Crippen molar-refractivity contribution in [2.24, 2.45) is 0 Å². The van der Waals surface area contributed by atoms with Crippen LogP contribution in [0.4, 0.5) is 0 Å². The molecule has 0 bridgehead atoms. The van der Waals surface area contributed by atoms with E-state index in [1.807, 2.05) is 72.8 Å². The summed E-state index contributed by atoms with van der Waals surface area (Å²) < 4.78 is 12.9. The zero-order valence-corrected chi connectivity index (χ0v) is 27.7. The fourth-order valence-electron chi connectivity index (χ4n) is 7.71. The van der Waals surface area contributed by atoms with E-state index in [-0.39, 0.29) is 0 Å². The van der Waals surface area contributed by atoms with Crippen molar-refractivity contribution >= 4 is 65.4 Å². The molecular formula is C47H27N3O2. The molecule has 0 saturated heterocycles. The maximum Gasteiger partial charge on any atom is 0.164 e. The van der Waals surface area contributed by atoms with Crippen LogP contribution in [-0.4, -0.2) is 15.0 Å². The Labute approximate surface area is 297 Å². The third kappa shape index (κ3) is 4.39. The van der Waals surface area contributed by atoms with Gasteiger partial charge in [-0.3, -0.25) is 0 Å². The van der Waals surface area contributed by atoms with E-state index in [1.54, 1.807) is 0 Å². The molecule has 0 saturated carbocycles. The van der Waals surface area contributed by atoms with Crippen LogP contribution in [0.15, 0.2) is 173 Å². The Bertz CT molecular complexity index is 3190. The van der Waals surface area contributed by atoms with Gasteiger partial charge in [0.25, 0.3) is 0 Å². The molecule has 8 aromatic carbocycles. The Hall–Kier alpha value is -7.11. The Balaban J connectivity index is 1.19. The molecule has 3 heterocycles. The minimum Gasteiger partial charge on any atom is -0.456 e. The molecule has 5 heteroatoms. The zero-order valence-electron chi connectivity index (χ0n) is 27.7. The first-order chi connectivity index (χ1) is 25.8. The fourth-order valence-corrected chi connectivity index (χ4v) is 7.71. The molecule has 11 aromatic rings. The smallest absolute Gasteiger partial charge is 0.164 e. The zero-order chi connectivity index (χ0) is 34.2. The van der Waals surface area contributed by atoms with Crippen molar-refractivity contribution in [1.82, 2.24) is 15.0 Å². The molecule has 0 spiro atoms. The predicted molar refractivity (Wildman–Crippen MR) is 211 cm³/mol. The number of para-hydroxylation sites is 2. The molecular weight excluding hydrogens is 639 g/mol. The van der Waals surface area contributed by atoms with Crippen molar-refractivity contribution in [3.05, 3.63) is 164 Å². The number of hydrogen-bond acceptors (Lipinski definition) is 5. The summed E-state index contributed by atoms with van der Waals surface area (Å²) in [5.74, 6) is 1.81. The molecule has 5 nitrogen and oxygen atoms in total. The number of nitrogens with zero attached hydrogens (tertiary/aromatic N) is 3. The molecule has 0 N–H and O–H groups in total. The van der Waals surface area contributed by atoms with Crippen molar-refractivity contribution in [1.29, 1.82) is 0 Å². The van der Waals surface area contributed by atoms with Crippen LogP contribution in [-0.2, 0) is 0 Å². The molecule has 0 aliphatic rings. The molecule has 0 unspecified atom stereocenters. The van der Waals surface area contributed by atoms with Gasteiger partial charge in [-0.25, -0.2) is 15.0 Å². The summed E-state index contributed by atoms with van der Waals surface area (Å²) in [5, 5.41) is 8.70. The van der Waals surface area contributed by atoms with E-state index in [2.05, 4.69) is 91.0 Å². The SMILES string of the molecule is c1ccc(-c2nc(-c3cc4ccccc4c4ccccc34)nc(-c3ccc(-c4ccc5oc6ccccc6c5c4)c4oc5ccccc5c34)n2)cc1. The van der Waals surface area contributed by atoms with Crippen LogP contribution in [0.5, 0.6) is 0 Å². The number of rotatable bonds is 4. The quantitative estimate of drug-likeness (QED) is 0.175. The van der Waals surface area contributed by atoms with Gasteiger partial charge in [0.1, 0.15) is 22.3 Å². The predicted octanol–water partition coefficient (Wildman–Crippen LogP) is 12.6. The van der Waals surface area contributed by atoms with Gasteiger partial charge < -0.3 is 8.83 Å². The second-order valence-corrected chi connectivity index (χ2v) is 13.1. The number of aromatic nitrogens is 3. The van der Waals surface area contributed by atoms with E-state index in [9.17, 15) is 0 Å². The highest BCUT2D eigenvalue weighted by atomic mass is 16.3. The molecule has 11 rings (SSSR count). The van der Waals surface area contributed by atoms with Gasteiger partial charge in [-0.1, -0.05) is 121 Å². The Morgan fingerprint density at radius 3 is 1.75 bits per heavy atom. The van der Waals surface area contributed by atoms with Gasteiger partial charge in [0.15, 0.2) is 17.5 Å². The van der Waals surface area contributed by atoms with Crippen molar-refractivity contribution in [2.75, 3.05) is 0 Å². The highest BCUT2D eigenvalue weighted by molar-refractivity contribution is 6.17. The summed E-state index contributed by atoms with van der Waals surface area (Å²) in [6.07, 6.45) is 0. The van der Waals surface area contributed by atoms with Crippen LogP contribution in [0.2, 0.25) is 0 Å². The second kappa shape index (κ2) is 11.2. The molecule has 242 valence electrons. The Morgan fingerprint density at radius 1 is 0.327 bits per heavy atom. The molecule has 0 radical (unpaired) electrons. The molecule has 3 aromatic heterocycles. The normalized spacial score (nSPS) is 11.8. The summed E-state index contributed by atoms with van der Waals surface area (Å²) >= 11 is 0. The van der Waals surface area contributed by atoms with Gasteiger partial charge in [0, 0.05) is 43.8 Å². The summed E-state index contributed by atoms with van der Waals surface area (Å²) in [4.78, 5) is 15.6. The minimum absolute atomic E-state index is 0.584. The fraction of sp³-hybridized carbons (Fsp3) is 0. The van der Waals surface area contributed by atoms with E-state index in [1.165, 1.54) is 5.39 Å². The van der Waals surface area contributed by atoms with Gasteiger partial charge in [0.2, 0.25) is 0 Å². The van der Waals surface area contributed by atoms with Gasteiger partial charge in [0.05, 0.1) is 0 Å². The molecule has 0 fully saturated rings. The van der Waals surface area contributed by atoms with Crippen molar-refractivity contribution < 1.29 is 8.83 Å². The molecule has 0 aliphatic carbocycles. The lowest BCUT2D eigenvalue weighted by Gasteiger charge is -2.13. The highest BCUT2D eigenvalue weighted by Crippen LogP contribution is 2.43. The lowest BCUT2D eigenvalue weighted by molar-refractivity contribution is 0.668. The molecule has 0 amide bonds. The maximum absolute atomic E-state index is 6.72.